The Morgan fingerprint density at radius 1 is 1.58 bits per heavy atom. The Bertz CT molecular complexity index is 252. The van der Waals surface area contributed by atoms with Gasteiger partial charge in [-0.1, -0.05) is 0 Å². The van der Waals surface area contributed by atoms with Gasteiger partial charge in [0.25, 0.3) is 0 Å². The molecule has 0 spiro atoms. The Morgan fingerprint density at radius 3 is 2.67 bits per heavy atom. The summed E-state index contributed by atoms with van der Waals surface area (Å²) >= 11 is 0. The van der Waals surface area contributed by atoms with E-state index in [-0.39, 0.29) is 0 Å². The summed E-state index contributed by atoms with van der Waals surface area (Å²) in [7, 11) is 4.24. The maximum absolute atomic E-state index is 5.72. The van der Waals surface area contributed by atoms with Gasteiger partial charge in [-0.25, -0.2) is 4.68 Å². The molecule has 0 aliphatic rings. The SMILES string of the molecule is Cc1cc(N)n(CC[NH+](C)C)n1. The van der Waals surface area contributed by atoms with Crippen LogP contribution in [0.5, 0.6) is 0 Å². The van der Waals surface area contributed by atoms with E-state index >= 15 is 0 Å². The second kappa shape index (κ2) is 3.58. The van der Waals surface area contributed by atoms with Gasteiger partial charge in [-0.05, 0) is 6.92 Å². The molecule has 0 aromatic carbocycles. The second-order valence-corrected chi connectivity index (χ2v) is 3.39. The Morgan fingerprint density at radius 2 is 2.25 bits per heavy atom. The van der Waals surface area contributed by atoms with Gasteiger partial charge >= 0.3 is 0 Å². The minimum Gasteiger partial charge on any atom is -0.384 e. The molecule has 0 atom stereocenters. The number of likely N-dealkylation sites (N-methyl/N-ethyl adjacent to an activating group) is 1. The smallest absolute Gasteiger partial charge is 0.122 e. The van der Waals surface area contributed by atoms with Gasteiger partial charge in [-0.2, -0.15) is 5.10 Å². The number of nitrogens with one attached hydrogen (secondary N) is 1. The van der Waals surface area contributed by atoms with Crippen LogP contribution in [-0.2, 0) is 6.54 Å². The average Bonchev–Trinajstić information content (AvgIpc) is 2.26. The highest BCUT2D eigenvalue weighted by Crippen LogP contribution is 2.03. The summed E-state index contributed by atoms with van der Waals surface area (Å²) in [5, 5.41) is 4.26. The van der Waals surface area contributed by atoms with Crippen molar-refractivity contribution in [2.45, 2.75) is 13.5 Å². The largest absolute Gasteiger partial charge is 0.384 e. The van der Waals surface area contributed by atoms with Crippen LogP contribution < -0.4 is 10.6 Å². The highest BCUT2D eigenvalue weighted by Gasteiger charge is 2.02. The maximum atomic E-state index is 5.72. The minimum atomic E-state index is 0.758. The van der Waals surface area contributed by atoms with Crippen LogP contribution in [0.3, 0.4) is 0 Å². The second-order valence-electron chi connectivity index (χ2n) is 3.39. The number of nitrogen functional groups attached to an aromatic ring is 1. The van der Waals surface area contributed by atoms with Crippen molar-refractivity contribution >= 4 is 5.82 Å². The molecule has 1 aromatic rings. The molecular weight excluding hydrogens is 152 g/mol. The fourth-order valence-corrected chi connectivity index (χ4v) is 1.07. The average molecular weight is 169 g/mol. The predicted octanol–water partition coefficient (Wildman–Crippen LogP) is -1.08. The van der Waals surface area contributed by atoms with Crippen molar-refractivity contribution in [3.63, 3.8) is 0 Å². The molecule has 68 valence electrons. The molecule has 0 aliphatic heterocycles. The van der Waals surface area contributed by atoms with Gasteiger partial charge in [0.15, 0.2) is 0 Å². The van der Waals surface area contributed by atoms with Crippen LogP contribution in [0.4, 0.5) is 5.82 Å². The van der Waals surface area contributed by atoms with Crippen molar-refractivity contribution in [2.24, 2.45) is 0 Å². The molecule has 0 amide bonds. The molecule has 0 saturated carbocycles. The first-order chi connectivity index (χ1) is 5.59. The number of hydrogen-bond acceptors (Lipinski definition) is 2. The summed E-state index contributed by atoms with van der Waals surface area (Å²) in [6.07, 6.45) is 0. The van der Waals surface area contributed by atoms with E-state index in [1.807, 2.05) is 17.7 Å². The van der Waals surface area contributed by atoms with Crippen LogP contribution in [0.25, 0.3) is 0 Å². The molecule has 0 saturated heterocycles. The molecule has 12 heavy (non-hydrogen) atoms. The van der Waals surface area contributed by atoms with Crippen molar-refractivity contribution in [3.05, 3.63) is 11.8 Å². The van der Waals surface area contributed by atoms with Crippen LogP contribution >= 0.6 is 0 Å². The van der Waals surface area contributed by atoms with E-state index in [1.54, 1.807) is 0 Å². The van der Waals surface area contributed by atoms with Crippen molar-refractivity contribution < 1.29 is 4.90 Å². The summed E-state index contributed by atoms with van der Waals surface area (Å²) < 4.78 is 1.85. The summed E-state index contributed by atoms with van der Waals surface area (Å²) in [5.41, 5.74) is 6.71. The molecule has 3 N–H and O–H groups in total. The zero-order valence-electron chi connectivity index (χ0n) is 7.96. The number of quaternary nitrogens is 1. The van der Waals surface area contributed by atoms with Crippen LogP contribution in [0.2, 0.25) is 0 Å². The van der Waals surface area contributed by atoms with Crippen molar-refractivity contribution in [1.82, 2.24) is 9.78 Å². The zero-order chi connectivity index (χ0) is 9.14. The Kier molecular flexibility index (Phi) is 2.70. The first-order valence-electron chi connectivity index (χ1n) is 4.18. The van der Waals surface area contributed by atoms with E-state index in [1.165, 1.54) is 4.90 Å². The fraction of sp³-hybridized carbons (Fsp3) is 0.625. The lowest BCUT2D eigenvalue weighted by atomic mass is 10.5. The zero-order valence-corrected chi connectivity index (χ0v) is 7.96. The third-order valence-electron chi connectivity index (χ3n) is 1.76. The maximum Gasteiger partial charge on any atom is 0.122 e. The Balaban J connectivity index is 2.57. The van der Waals surface area contributed by atoms with Crippen LogP contribution in [0, 0.1) is 6.92 Å². The van der Waals surface area contributed by atoms with Gasteiger partial charge in [0.2, 0.25) is 0 Å². The molecule has 1 rings (SSSR count). The van der Waals surface area contributed by atoms with Gasteiger partial charge in [-0.3, -0.25) is 0 Å². The lowest BCUT2D eigenvalue weighted by Gasteiger charge is -2.07. The number of nitrogens with two attached hydrogens (primary N) is 1. The first-order valence-corrected chi connectivity index (χ1v) is 4.18. The third kappa shape index (κ3) is 2.23. The van der Waals surface area contributed by atoms with E-state index < -0.39 is 0 Å². The summed E-state index contributed by atoms with van der Waals surface area (Å²) in [6.45, 7) is 3.89. The molecule has 4 nitrogen and oxygen atoms in total. The summed E-state index contributed by atoms with van der Waals surface area (Å²) in [5.74, 6) is 0.758. The van der Waals surface area contributed by atoms with Crippen molar-refractivity contribution in [1.29, 1.82) is 0 Å². The van der Waals surface area contributed by atoms with Crippen LogP contribution in [0.1, 0.15) is 5.69 Å². The van der Waals surface area contributed by atoms with E-state index in [2.05, 4.69) is 19.2 Å². The first kappa shape index (κ1) is 9.06. The summed E-state index contributed by atoms with van der Waals surface area (Å²) in [4.78, 5) is 1.41. The lowest BCUT2D eigenvalue weighted by molar-refractivity contribution is -0.859. The molecule has 0 unspecified atom stereocenters. The van der Waals surface area contributed by atoms with Crippen LogP contribution in [0.15, 0.2) is 6.07 Å². The number of aromatic nitrogens is 2. The molecule has 0 fully saturated rings. The van der Waals surface area contributed by atoms with Crippen LogP contribution in [-0.4, -0.2) is 30.4 Å². The van der Waals surface area contributed by atoms with Gasteiger partial charge < -0.3 is 10.6 Å². The number of anilines is 1. The highest BCUT2D eigenvalue weighted by atomic mass is 15.3. The molecule has 1 heterocycles. The molecule has 1 aromatic heterocycles. The number of aryl methyl sites for hydroxylation is 1. The van der Waals surface area contributed by atoms with Gasteiger partial charge in [-0.15, -0.1) is 0 Å². The molecule has 4 heteroatoms. The topological polar surface area (TPSA) is 48.3 Å². The van der Waals surface area contributed by atoms with Crippen molar-refractivity contribution in [3.8, 4) is 0 Å². The highest BCUT2D eigenvalue weighted by molar-refractivity contribution is 5.29. The number of nitrogens with zero attached hydrogens (tertiary/aromatic N) is 2. The standard InChI is InChI=1S/C8H16N4/c1-7-6-8(9)12(10-7)5-4-11(2)3/h6H,4-5,9H2,1-3H3/p+1. The molecule has 0 bridgehead atoms. The quantitative estimate of drug-likeness (QED) is 0.604. The normalized spacial score (nSPS) is 11.0. The lowest BCUT2D eigenvalue weighted by Crippen LogP contribution is -3.06. The van der Waals surface area contributed by atoms with Gasteiger partial charge in [0.05, 0.1) is 32.9 Å². The number of rotatable bonds is 3. The number of hydrogen-bond donors (Lipinski definition) is 2. The minimum absolute atomic E-state index is 0.758. The van der Waals surface area contributed by atoms with E-state index in [4.69, 9.17) is 5.73 Å². The van der Waals surface area contributed by atoms with E-state index in [0.29, 0.717) is 0 Å². The Labute approximate surface area is 73.0 Å². The summed E-state index contributed by atoms with van der Waals surface area (Å²) in [6, 6.07) is 1.89. The third-order valence-corrected chi connectivity index (χ3v) is 1.76. The molecule has 0 aliphatic carbocycles. The monoisotopic (exact) mass is 169 g/mol. The molecule has 0 radical (unpaired) electrons. The predicted molar refractivity (Wildman–Crippen MR) is 49.1 cm³/mol. The van der Waals surface area contributed by atoms with Gasteiger partial charge in [0.1, 0.15) is 5.82 Å². The van der Waals surface area contributed by atoms with Crippen molar-refractivity contribution in [2.75, 3.05) is 26.4 Å². The fourth-order valence-electron chi connectivity index (χ4n) is 1.07. The molecular formula is C8H17N4+. The van der Waals surface area contributed by atoms with Gasteiger partial charge in [0, 0.05) is 6.07 Å². The van der Waals surface area contributed by atoms with E-state index in [0.717, 1.165) is 24.6 Å². The Hall–Kier alpha value is -1.03. The van der Waals surface area contributed by atoms with E-state index in [9.17, 15) is 0 Å².